The van der Waals surface area contributed by atoms with Gasteiger partial charge in [0.25, 0.3) is 0 Å². The molecule has 9 nitrogen and oxygen atoms in total. The van der Waals surface area contributed by atoms with E-state index < -0.39 is 5.82 Å². The van der Waals surface area contributed by atoms with Crippen molar-refractivity contribution in [2.45, 2.75) is 63.5 Å². The fraction of sp³-hybridized carbons (Fsp3) is 0.640. The maximum absolute atomic E-state index is 14.8. The number of aromatic nitrogens is 3. The number of ether oxygens (including phenoxy) is 2. The van der Waals surface area contributed by atoms with E-state index in [1.807, 2.05) is 7.05 Å². The predicted molar refractivity (Wildman–Crippen MR) is 137 cm³/mol. The van der Waals surface area contributed by atoms with Gasteiger partial charge in [-0.2, -0.15) is 19.3 Å². The zero-order valence-electron chi connectivity index (χ0n) is 21.3. The first-order valence-corrected chi connectivity index (χ1v) is 12.6. The van der Waals surface area contributed by atoms with Crippen LogP contribution in [0.4, 0.5) is 27.9 Å². The number of likely N-dealkylation sites (tertiary alicyclic amines) is 1. The average molecular weight is 488 g/mol. The number of nitrogens with zero attached hydrogens (tertiary/aromatic N) is 5. The number of methoxy groups -OCH3 is 2. The summed E-state index contributed by atoms with van der Waals surface area (Å²) in [5.41, 5.74) is 0.422. The van der Waals surface area contributed by atoms with E-state index in [1.54, 1.807) is 12.1 Å². The second-order valence-electron chi connectivity index (χ2n) is 9.55. The lowest BCUT2D eigenvalue weighted by Gasteiger charge is -2.35. The van der Waals surface area contributed by atoms with E-state index in [0.717, 1.165) is 38.8 Å². The largest absolute Gasteiger partial charge is 0.494 e. The molecule has 10 heteroatoms. The topological polar surface area (TPSA) is 87.7 Å². The molecule has 1 aliphatic carbocycles. The molecule has 0 radical (unpaired) electrons. The molecule has 1 aliphatic heterocycles. The van der Waals surface area contributed by atoms with E-state index in [9.17, 15) is 4.39 Å². The lowest BCUT2D eigenvalue weighted by Crippen LogP contribution is -2.42. The molecular formula is C25H38FN7O2. The minimum atomic E-state index is -0.575. The van der Waals surface area contributed by atoms with Gasteiger partial charge in [-0.1, -0.05) is 25.7 Å². The molecule has 4 rings (SSSR count). The standard InChI is InChI=1S/C25H38FN7O2/c1-32-15-13-18(14-16-32)33(2)25-30-23(27-17-9-7-5-6-8-10-17)29-24(31-25)28-19-11-12-20(34-3)21(26)22(19)35-4/h11-12,17-18H,5-10,13-16H2,1-4H3,(H2,27,28,29,30,31). The van der Waals surface area contributed by atoms with Crippen LogP contribution < -0.4 is 25.0 Å². The maximum atomic E-state index is 14.8. The molecule has 0 amide bonds. The van der Waals surface area contributed by atoms with E-state index in [2.05, 4.69) is 32.5 Å². The van der Waals surface area contributed by atoms with Gasteiger partial charge in [-0.15, -0.1) is 0 Å². The highest BCUT2D eigenvalue weighted by Gasteiger charge is 2.24. The van der Waals surface area contributed by atoms with Crippen LogP contribution in [0, 0.1) is 5.82 Å². The molecule has 2 N–H and O–H groups in total. The first-order chi connectivity index (χ1) is 17.0. The molecule has 2 fully saturated rings. The SMILES string of the molecule is COc1ccc(Nc2nc(NC3CCCCCC3)nc(N(C)C3CCN(C)CC3)n2)c(OC)c1F. The van der Waals surface area contributed by atoms with Crippen LogP contribution in [-0.4, -0.2) is 73.3 Å². The van der Waals surface area contributed by atoms with Gasteiger partial charge in [0, 0.05) is 19.1 Å². The van der Waals surface area contributed by atoms with Crippen molar-refractivity contribution >= 4 is 23.5 Å². The van der Waals surface area contributed by atoms with Gasteiger partial charge in [0.1, 0.15) is 0 Å². The van der Waals surface area contributed by atoms with Crippen LogP contribution in [0.2, 0.25) is 0 Å². The Morgan fingerprint density at radius 1 is 0.943 bits per heavy atom. The van der Waals surface area contributed by atoms with Crippen LogP contribution >= 0.6 is 0 Å². The Balaban J connectivity index is 1.63. The quantitative estimate of drug-likeness (QED) is 0.525. The highest BCUT2D eigenvalue weighted by Crippen LogP contribution is 2.35. The first kappa shape index (κ1) is 25.2. The summed E-state index contributed by atoms with van der Waals surface area (Å²) in [6.45, 7) is 2.08. The predicted octanol–water partition coefficient (Wildman–Crippen LogP) is 4.44. The third-order valence-electron chi connectivity index (χ3n) is 7.10. The summed E-state index contributed by atoms with van der Waals surface area (Å²) in [5, 5.41) is 6.70. The third-order valence-corrected chi connectivity index (χ3v) is 7.10. The summed E-state index contributed by atoms with van der Waals surface area (Å²) < 4.78 is 25.2. The average Bonchev–Trinajstić information content (AvgIpc) is 3.13. The van der Waals surface area contributed by atoms with Crippen molar-refractivity contribution in [3.05, 3.63) is 17.9 Å². The van der Waals surface area contributed by atoms with Crippen molar-refractivity contribution in [1.82, 2.24) is 19.9 Å². The number of benzene rings is 1. The third kappa shape index (κ3) is 6.22. The summed E-state index contributed by atoms with van der Waals surface area (Å²) in [6, 6.07) is 3.93. The van der Waals surface area contributed by atoms with Crippen LogP contribution in [0.3, 0.4) is 0 Å². The van der Waals surface area contributed by atoms with Gasteiger partial charge in [-0.05, 0) is 58.0 Å². The van der Waals surface area contributed by atoms with E-state index >= 15 is 0 Å². The summed E-state index contributed by atoms with van der Waals surface area (Å²) >= 11 is 0. The van der Waals surface area contributed by atoms with Crippen LogP contribution in [0.5, 0.6) is 11.5 Å². The molecule has 2 aromatic rings. The second kappa shape index (κ2) is 11.7. The van der Waals surface area contributed by atoms with Crippen molar-refractivity contribution in [3.8, 4) is 11.5 Å². The molecule has 0 atom stereocenters. The number of piperidine rings is 1. The molecule has 2 aliphatic rings. The highest BCUT2D eigenvalue weighted by atomic mass is 19.1. The Bertz CT molecular complexity index is 977. The molecular weight excluding hydrogens is 449 g/mol. The minimum Gasteiger partial charge on any atom is -0.494 e. The van der Waals surface area contributed by atoms with E-state index in [4.69, 9.17) is 19.4 Å². The van der Waals surface area contributed by atoms with Crippen LogP contribution in [0.1, 0.15) is 51.4 Å². The van der Waals surface area contributed by atoms with Gasteiger partial charge in [0.15, 0.2) is 11.5 Å². The Morgan fingerprint density at radius 2 is 1.63 bits per heavy atom. The fourth-order valence-corrected chi connectivity index (χ4v) is 4.91. The van der Waals surface area contributed by atoms with E-state index in [0.29, 0.717) is 35.6 Å². The van der Waals surface area contributed by atoms with Gasteiger partial charge < -0.3 is 29.9 Å². The van der Waals surface area contributed by atoms with Gasteiger partial charge in [0.05, 0.1) is 19.9 Å². The fourth-order valence-electron chi connectivity index (χ4n) is 4.91. The van der Waals surface area contributed by atoms with Crippen molar-refractivity contribution in [1.29, 1.82) is 0 Å². The van der Waals surface area contributed by atoms with Gasteiger partial charge in [0.2, 0.25) is 23.7 Å². The Kier molecular flexibility index (Phi) is 8.43. The smallest absolute Gasteiger partial charge is 0.233 e. The van der Waals surface area contributed by atoms with E-state index in [-0.39, 0.29) is 11.5 Å². The molecule has 0 spiro atoms. The molecule has 0 unspecified atom stereocenters. The van der Waals surface area contributed by atoms with Crippen molar-refractivity contribution < 1.29 is 13.9 Å². The summed E-state index contributed by atoms with van der Waals surface area (Å²) in [4.78, 5) is 18.6. The molecule has 1 aromatic carbocycles. The Labute approximate surface area is 207 Å². The number of nitrogens with one attached hydrogen (secondary N) is 2. The zero-order chi connectivity index (χ0) is 24.8. The number of rotatable bonds is 8. The lowest BCUT2D eigenvalue weighted by molar-refractivity contribution is 0.252. The van der Waals surface area contributed by atoms with Crippen molar-refractivity contribution in [3.63, 3.8) is 0 Å². The minimum absolute atomic E-state index is 0.0493. The summed E-state index contributed by atoms with van der Waals surface area (Å²) in [5.74, 6) is 1.07. The molecule has 1 aromatic heterocycles. The number of anilines is 4. The van der Waals surface area contributed by atoms with Gasteiger partial charge >= 0.3 is 0 Å². The van der Waals surface area contributed by atoms with Crippen molar-refractivity contribution in [2.75, 3.05) is 56.9 Å². The molecule has 35 heavy (non-hydrogen) atoms. The van der Waals surface area contributed by atoms with Gasteiger partial charge in [-0.3, -0.25) is 0 Å². The summed E-state index contributed by atoms with van der Waals surface area (Å²) in [6.07, 6.45) is 9.26. The monoisotopic (exact) mass is 487 g/mol. The van der Waals surface area contributed by atoms with Crippen LogP contribution in [0.25, 0.3) is 0 Å². The second-order valence-corrected chi connectivity index (χ2v) is 9.55. The first-order valence-electron chi connectivity index (χ1n) is 12.6. The molecule has 1 saturated heterocycles. The Morgan fingerprint density at radius 3 is 2.29 bits per heavy atom. The van der Waals surface area contributed by atoms with Crippen LogP contribution in [0.15, 0.2) is 12.1 Å². The molecule has 192 valence electrons. The van der Waals surface area contributed by atoms with Crippen LogP contribution in [-0.2, 0) is 0 Å². The normalized spacial score (nSPS) is 18.1. The molecule has 0 bridgehead atoms. The lowest BCUT2D eigenvalue weighted by atomic mass is 10.0. The number of hydrogen-bond donors (Lipinski definition) is 2. The molecule has 1 saturated carbocycles. The number of halogens is 1. The van der Waals surface area contributed by atoms with E-state index in [1.165, 1.54) is 39.9 Å². The molecule has 2 heterocycles. The van der Waals surface area contributed by atoms with Gasteiger partial charge in [-0.25, -0.2) is 0 Å². The number of hydrogen-bond acceptors (Lipinski definition) is 9. The maximum Gasteiger partial charge on any atom is 0.233 e. The zero-order valence-corrected chi connectivity index (χ0v) is 21.3. The summed E-state index contributed by atoms with van der Waals surface area (Å²) in [7, 11) is 7.04. The highest BCUT2D eigenvalue weighted by molar-refractivity contribution is 5.66. The Hall–Kier alpha value is -2.88. The van der Waals surface area contributed by atoms with Crippen molar-refractivity contribution in [2.24, 2.45) is 0 Å².